The van der Waals surface area contributed by atoms with Crippen LogP contribution in [0.1, 0.15) is 70.3 Å². The van der Waals surface area contributed by atoms with E-state index >= 15 is 0 Å². The van der Waals surface area contributed by atoms with Crippen molar-refractivity contribution in [2.45, 2.75) is 64.5 Å². The van der Waals surface area contributed by atoms with Crippen LogP contribution >= 0.6 is 11.6 Å². The summed E-state index contributed by atoms with van der Waals surface area (Å²) in [6, 6.07) is 12.3. The molecule has 2 aromatic carbocycles. The third-order valence-electron chi connectivity index (χ3n) is 10.5. The summed E-state index contributed by atoms with van der Waals surface area (Å²) in [6.45, 7) is 7.43. The molecule has 6 N–H and O–H groups in total. The smallest absolute Gasteiger partial charge is 0.411 e. The number of H-pyrrole nitrogens is 1. The standard InChI is InChI=1S/C39H50ClN9O5/c1-39(2,3)54-38(52)47-17-15-24(16-18-47)28-20-31(25-5-6-25)35(36-43-21-32(46-36)26-7-11-30(12-8-26)45-37(51)53-4)48(22-28)34(50)14-9-27-19-29(40)10-13-33(27)49(42)23-44-41/h7-14,19,21,23-25,28,31,35H,5-6,15-18,20,22,41-42H2,1-4H3,(H,43,46)(H,45,51)/b14-9+,44-23-. The Labute approximate surface area is 320 Å². The Balaban J connectivity index is 1.29. The van der Waals surface area contributed by atoms with Crippen LogP contribution in [0.5, 0.6) is 0 Å². The van der Waals surface area contributed by atoms with Crippen LogP contribution in [0.4, 0.5) is 21.0 Å². The number of nitrogens with zero attached hydrogens (tertiary/aromatic N) is 5. The lowest BCUT2D eigenvalue weighted by molar-refractivity contribution is -0.134. The maximum absolute atomic E-state index is 14.5. The van der Waals surface area contributed by atoms with Crippen molar-refractivity contribution in [3.8, 4) is 11.3 Å². The highest BCUT2D eigenvalue weighted by Crippen LogP contribution is 2.52. The van der Waals surface area contributed by atoms with Gasteiger partial charge in [0, 0.05) is 42.0 Å². The molecule has 15 heteroatoms. The molecule has 1 saturated carbocycles. The fourth-order valence-electron chi connectivity index (χ4n) is 7.74. The summed E-state index contributed by atoms with van der Waals surface area (Å²) >= 11 is 6.37. The fraction of sp³-hybridized carbons (Fsp3) is 0.462. The Morgan fingerprint density at radius 3 is 2.43 bits per heavy atom. The SMILES string of the molecule is COC(=O)Nc1ccc(-c2cnc(C3C(C4CC4)CC(C4CCN(C(=O)OC(C)(C)C)CC4)CN3C(=O)/C=C/c3cc(Cl)ccc3N(N)/C=N\N)[nH]2)cc1. The molecule has 3 aromatic rings. The second-order valence-corrected chi connectivity index (χ2v) is 15.8. The Kier molecular flexibility index (Phi) is 11.8. The molecule has 3 fully saturated rings. The van der Waals surface area contributed by atoms with Crippen molar-refractivity contribution < 1.29 is 23.9 Å². The molecule has 3 atom stereocenters. The predicted octanol–water partition coefficient (Wildman–Crippen LogP) is 6.77. The molecule has 3 unspecified atom stereocenters. The molecule has 14 nitrogen and oxygen atoms in total. The first-order valence-corrected chi connectivity index (χ1v) is 18.7. The molecule has 3 heterocycles. The van der Waals surface area contributed by atoms with Gasteiger partial charge in [-0.3, -0.25) is 15.1 Å². The van der Waals surface area contributed by atoms with Crippen molar-refractivity contribution in [1.82, 2.24) is 19.8 Å². The molecular formula is C39H50ClN9O5. The van der Waals surface area contributed by atoms with E-state index in [1.165, 1.54) is 18.5 Å². The van der Waals surface area contributed by atoms with Crippen LogP contribution < -0.4 is 22.0 Å². The first-order valence-electron chi connectivity index (χ1n) is 18.4. The first kappa shape index (κ1) is 38.6. The number of hydrazine groups is 1. The van der Waals surface area contributed by atoms with Crippen LogP contribution in [0, 0.1) is 23.7 Å². The number of imidazole rings is 1. The van der Waals surface area contributed by atoms with E-state index in [0.29, 0.717) is 53.4 Å². The summed E-state index contributed by atoms with van der Waals surface area (Å²) in [6.07, 6.45) is 10.4. The molecule has 3 aliphatic rings. The van der Waals surface area contributed by atoms with Gasteiger partial charge in [-0.25, -0.2) is 20.4 Å². The van der Waals surface area contributed by atoms with Crippen molar-refractivity contribution in [2.75, 3.05) is 37.1 Å². The third-order valence-corrected chi connectivity index (χ3v) is 10.7. The molecular weight excluding hydrogens is 710 g/mol. The molecule has 1 aromatic heterocycles. The zero-order valence-electron chi connectivity index (χ0n) is 31.2. The molecule has 0 bridgehead atoms. The Morgan fingerprint density at radius 1 is 1.06 bits per heavy atom. The van der Waals surface area contributed by atoms with Crippen molar-refractivity contribution in [2.24, 2.45) is 40.5 Å². The number of benzene rings is 2. The molecule has 6 rings (SSSR count). The highest BCUT2D eigenvalue weighted by Gasteiger charge is 2.48. The lowest BCUT2D eigenvalue weighted by atomic mass is 9.72. The van der Waals surface area contributed by atoms with E-state index < -0.39 is 11.7 Å². The Bertz CT molecular complexity index is 1860. The van der Waals surface area contributed by atoms with Crippen LogP contribution in [0.3, 0.4) is 0 Å². The van der Waals surface area contributed by atoms with Gasteiger partial charge in [0.1, 0.15) is 17.8 Å². The maximum atomic E-state index is 14.5. The topological polar surface area (TPSA) is 184 Å². The van der Waals surface area contributed by atoms with Gasteiger partial charge < -0.3 is 30.1 Å². The van der Waals surface area contributed by atoms with Gasteiger partial charge in [0.15, 0.2) is 0 Å². The van der Waals surface area contributed by atoms with Gasteiger partial charge in [-0.2, -0.15) is 5.10 Å². The molecule has 2 saturated heterocycles. The molecule has 1 aliphatic carbocycles. The number of ether oxygens (including phenoxy) is 2. The van der Waals surface area contributed by atoms with E-state index in [-0.39, 0.29) is 29.9 Å². The molecule has 0 spiro atoms. The van der Waals surface area contributed by atoms with Crippen molar-refractivity contribution in [1.29, 1.82) is 0 Å². The van der Waals surface area contributed by atoms with Crippen molar-refractivity contribution in [3.63, 3.8) is 0 Å². The summed E-state index contributed by atoms with van der Waals surface area (Å²) in [5.74, 6) is 13.4. The number of aromatic nitrogens is 2. The van der Waals surface area contributed by atoms with Gasteiger partial charge in [-0.15, -0.1) is 0 Å². The van der Waals surface area contributed by atoms with E-state index in [1.807, 2.05) is 37.8 Å². The largest absolute Gasteiger partial charge is 0.453 e. The van der Waals surface area contributed by atoms with Gasteiger partial charge in [-0.1, -0.05) is 23.7 Å². The number of anilines is 2. The number of amides is 3. The average Bonchev–Trinajstić information content (AvgIpc) is 3.89. The minimum Gasteiger partial charge on any atom is -0.453 e. The monoisotopic (exact) mass is 759 g/mol. The summed E-state index contributed by atoms with van der Waals surface area (Å²) in [7, 11) is 1.32. The number of nitrogens with two attached hydrogens (primary N) is 2. The van der Waals surface area contributed by atoms with Gasteiger partial charge in [0.25, 0.3) is 0 Å². The molecule has 3 amide bonds. The summed E-state index contributed by atoms with van der Waals surface area (Å²) in [5, 5.41) is 7.96. The van der Waals surface area contributed by atoms with Crippen molar-refractivity contribution >= 4 is 53.5 Å². The Hall–Kier alpha value is -5.08. The number of methoxy groups -OCH3 is 1. The normalized spacial score (nSPS) is 21.0. The molecule has 0 radical (unpaired) electrons. The number of hydrogen-bond donors (Lipinski definition) is 4. The molecule has 288 valence electrons. The third kappa shape index (κ3) is 9.34. The summed E-state index contributed by atoms with van der Waals surface area (Å²) in [4.78, 5) is 51.3. The fourth-order valence-corrected chi connectivity index (χ4v) is 7.92. The van der Waals surface area contributed by atoms with E-state index in [1.54, 1.807) is 53.6 Å². The lowest BCUT2D eigenvalue weighted by Gasteiger charge is -2.47. The van der Waals surface area contributed by atoms with Gasteiger partial charge in [0.05, 0.1) is 30.7 Å². The number of aromatic amines is 1. The lowest BCUT2D eigenvalue weighted by Crippen LogP contribution is -2.50. The quantitative estimate of drug-likeness (QED) is 0.0601. The van der Waals surface area contributed by atoms with Gasteiger partial charge in [0.2, 0.25) is 5.91 Å². The summed E-state index contributed by atoms with van der Waals surface area (Å²) < 4.78 is 10.4. The minimum absolute atomic E-state index is 0.153. The highest BCUT2D eigenvalue weighted by molar-refractivity contribution is 6.30. The zero-order chi connectivity index (χ0) is 38.6. The second-order valence-electron chi connectivity index (χ2n) is 15.3. The van der Waals surface area contributed by atoms with Crippen molar-refractivity contribution in [3.05, 3.63) is 71.1 Å². The maximum Gasteiger partial charge on any atom is 0.411 e. The minimum atomic E-state index is -0.554. The van der Waals surface area contributed by atoms with E-state index in [4.69, 9.17) is 37.7 Å². The molecule has 54 heavy (non-hydrogen) atoms. The first-order chi connectivity index (χ1) is 25.8. The highest BCUT2D eigenvalue weighted by atomic mass is 35.5. The number of likely N-dealkylation sites (tertiary alicyclic amines) is 2. The van der Waals surface area contributed by atoms with E-state index in [9.17, 15) is 14.4 Å². The van der Waals surface area contributed by atoms with Crippen LogP contribution in [0.25, 0.3) is 17.3 Å². The van der Waals surface area contributed by atoms with Crippen LogP contribution in [0.2, 0.25) is 5.02 Å². The van der Waals surface area contributed by atoms with E-state index in [2.05, 4.69) is 15.4 Å². The number of halogens is 1. The van der Waals surface area contributed by atoms with Gasteiger partial charge >= 0.3 is 12.2 Å². The summed E-state index contributed by atoms with van der Waals surface area (Å²) in [5.41, 5.74) is 2.94. The number of carbonyl (C=O) groups excluding carboxylic acids is 3. The average molecular weight is 760 g/mol. The number of nitrogens with one attached hydrogen (secondary N) is 2. The van der Waals surface area contributed by atoms with E-state index in [0.717, 1.165) is 49.2 Å². The van der Waals surface area contributed by atoms with Gasteiger partial charge in [-0.05, 0) is 119 Å². The van der Waals surface area contributed by atoms with Crippen LogP contribution in [-0.4, -0.2) is 76.5 Å². The van der Waals surface area contributed by atoms with Crippen LogP contribution in [0.15, 0.2) is 59.8 Å². The molecule has 2 aliphatic heterocycles. The second kappa shape index (κ2) is 16.5. The Morgan fingerprint density at radius 2 is 1.78 bits per heavy atom. The number of rotatable bonds is 9. The number of carbonyl (C=O) groups is 3. The van der Waals surface area contributed by atoms with Crippen LogP contribution in [-0.2, 0) is 14.3 Å². The number of piperidine rings is 2. The number of hydrazone groups is 1. The predicted molar refractivity (Wildman–Crippen MR) is 209 cm³/mol. The zero-order valence-corrected chi connectivity index (χ0v) is 32.0. The number of hydrogen-bond acceptors (Lipinski definition) is 9.